The van der Waals surface area contributed by atoms with Crippen molar-refractivity contribution < 1.29 is 9.53 Å². The SMILES string of the molecule is Cc1cc(C(=O)CSc2nnc(-c3cccs3)n2C[C@@H]2CCCO2)c(C)n1Cc1ccccc1. The van der Waals surface area contributed by atoms with Gasteiger partial charge < -0.3 is 9.30 Å². The molecule has 34 heavy (non-hydrogen) atoms. The Balaban J connectivity index is 1.33. The largest absolute Gasteiger partial charge is 0.376 e. The summed E-state index contributed by atoms with van der Waals surface area (Å²) in [6, 6.07) is 16.4. The zero-order valence-electron chi connectivity index (χ0n) is 19.4. The fourth-order valence-corrected chi connectivity index (χ4v) is 5.99. The Morgan fingerprint density at radius 3 is 2.74 bits per heavy atom. The summed E-state index contributed by atoms with van der Waals surface area (Å²) in [5.74, 6) is 1.28. The maximum absolute atomic E-state index is 13.2. The predicted octanol–water partition coefficient (Wildman–Crippen LogP) is 5.63. The molecule has 0 spiro atoms. The van der Waals surface area contributed by atoms with Gasteiger partial charge in [0, 0.05) is 30.1 Å². The number of ether oxygens (including phenoxy) is 1. The lowest BCUT2D eigenvalue weighted by Crippen LogP contribution is -2.17. The van der Waals surface area contributed by atoms with Crippen LogP contribution in [0.2, 0.25) is 0 Å². The van der Waals surface area contributed by atoms with Gasteiger partial charge in [-0.3, -0.25) is 9.36 Å². The van der Waals surface area contributed by atoms with Crippen LogP contribution in [0, 0.1) is 13.8 Å². The number of aryl methyl sites for hydroxylation is 1. The van der Waals surface area contributed by atoms with Crippen molar-refractivity contribution in [2.75, 3.05) is 12.4 Å². The van der Waals surface area contributed by atoms with Crippen LogP contribution in [0.25, 0.3) is 10.7 Å². The molecule has 0 radical (unpaired) electrons. The van der Waals surface area contributed by atoms with E-state index in [4.69, 9.17) is 4.74 Å². The van der Waals surface area contributed by atoms with E-state index < -0.39 is 0 Å². The minimum atomic E-state index is 0.113. The second kappa shape index (κ2) is 10.3. The van der Waals surface area contributed by atoms with Gasteiger partial charge in [-0.1, -0.05) is 48.2 Å². The van der Waals surface area contributed by atoms with Gasteiger partial charge in [0.05, 0.1) is 23.3 Å². The Hall–Kier alpha value is -2.68. The molecule has 0 saturated carbocycles. The van der Waals surface area contributed by atoms with Gasteiger partial charge in [-0.25, -0.2) is 0 Å². The Bertz CT molecular complexity index is 1260. The summed E-state index contributed by atoms with van der Waals surface area (Å²) in [6.07, 6.45) is 2.29. The predicted molar refractivity (Wildman–Crippen MR) is 137 cm³/mol. The third-order valence-electron chi connectivity index (χ3n) is 6.26. The van der Waals surface area contributed by atoms with E-state index in [-0.39, 0.29) is 11.9 Å². The first-order valence-corrected chi connectivity index (χ1v) is 13.4. The third-order valence-corrected chi connectivity index (χ3v) is 8.09. The fourth-order valence-electron chi connectivity index (χ4n) is 4.44. The van der Waals surface area contributed by atoms with Crippen LogP contribution in [0.1, 0.15) is 40.2 Å². The Morgan fingerprint density at radius 2 is 2.00 bits per heavy atom. The summed E-state index contributed by atoms with van der Waals surface area (Å²) in [6.45, 7) is 6.37. The number of nitrogens with zero attached hydrogens (tertiary/aromatic N) is 4. The minimum absolute atomic E-state index is 0.113. The molecule has 0 aliphatic carbocycles. The van der Waals surface area contributed by atoms with Crippen molar-refractivity contribution in [3.05, 3.63) is 76.4 Å². The molecule has 6 nitrogen and oxygen atoms in total. The monoisotopic (exact) mass is 492 g/mol. The lowest BCUT2D eigenvalue weighted by atomic mass is 10.2. The number of carbonyl (C=O) groups excluding carboxylic acids is 1. The van der Waals surface area contributed by atoms with Crippen molar-refractivity contribution in [1.29, 1.82) is 0 Å². The first-order chi connectivity index (χ1) is 16.6. The van der Waals surface area contributed by atoms with Crippen LogP contribution in [0.3, 0.4) is 0 Å². The molecule has 5 rings (SSSR count). The smallest absolute Gasteiger partial charge is 0.192 e. The average molecular weight is 493 g/mol. The fraction of sp³-hybridized carbons (Fsp3) is 0.346. The molecule has 1 atom stereocenters. The molecule has 0 unspecified atom stereocenters. The van der Waals surface area contributed by atoms with Crippen molar-refractivity contribution in [2.45, 2.75) is 51.0 Å². The summed E-state index contributed by atoms with van der Waals surface area (Å²) in [4.78, 5) is 14.3. The van der Waals surface area contributed by atoms with Crippen LogP contribution in [0.5, 0.6) is 0 Å². The summed E-state index contributed by atoms with van der Waals surface area (Å²) in [7, 11) is 0. The number of hydrogen-bond acceptors (Lipinski definition) is 6. The number of thioether (sulfide) groups is 1. The van der Waals surface area contributed by atoms with Crippen LogP contribution in [0.15, 0.2) is 59.1 Å². The maximum Gasteiger partial charge on any atom is 0.192 e. The highest BCUT2D eigenvalue weighted by Gasteiger charge is 2.23. The number of hydrogen-bond donors (Lipinski definition) is 0. The number of thiophene rings is 1. The van der Waals surface area contributed by atoms with E-state index in [9.17, 15) is 4.79 Å². The van der Waals surface area contributed by atoms with Crippen molar-refractivity contribution in [3.8, 4) is 10.7 Å². The first-order valence-electron chi connectivity index (χ1n) is 11.6. The molecule has 4 aromatic rings. The van der Waals surface area contributed by atoms with E-state index in [1.54, 1.807) is 11.3 Å². The second-order valence-corrected chi connectivity index (χ2v) is 10.5. The highest BCUT2D eigenvalue weighted by atomic mass is 32.2. The van der Waals surface area contributed by atoms with Crippen LogP contribution < -0.4 is 0 Å². The highest BCUT2D eigenvalue weighted by Crippen LogP contribution is 2.30. The van der Waals surface area contributed by atoms with E-state index in [0.29, 0.717) is 12.3 Å². The molecule has 1 aromatic carbocycles. The first kappa shape index (κ1) is 23.1. The van der Waals surface area contributed by atoms with Crippen LogP contribution in [-0.4, -0.2) is 43.6 Å². The molecule has 0 amide bonds. The molecule has 1 aliphatic rings. The van der Waals surface area contributed by atoms with E-state index in [0.717, 1.165) is 58.8 Å². The standard InChI is InChI=1S/C26H28N4O2S2/c1-18-14-22(19(2)29(18)15-20-8-4-3-5-9-20)23(31)17-34-26-28-27-25(24-11-7-13-33-24)30(26)16-21-10-6-12-32-21/h3-5,7-9,11,13-14,21H,6,10,12,15-17H2,1-2H3/t21-/m0/s1. The van der Waals surface area contributed by atoms with Gasteiger partial charge in [0.15, 0.2) is 16.8 Å². The molecule has 1 fully saturated rings. The molecule has 3 aromatic heterocycles. The topological polar surface area (TPSA) is 61.9 Å². The molecule has 4 heterocycles. The number of rotatable bonds is 9. The quantitative estimate of drug-likeness (QED) is 0.224. The maximum atomic E-state index is 13.2. The third kappa shape index (κ3) is 4.89. The van der Waals surface area contributed by atoms with Crippen LogP contribution in [-0.2, 0) is 17.8 Å². The van der Waals surface area contributed by atoms with Gasteiger partial charge in [-0.15, -0.1) is 21.5 Å². The van der Waals surface area contributed by atoms with Gasteiger partial charge in [0.1, 0.15) is 0 Å². The molecular formula is C26H28N4O2S2. The van der Waals surface area contributed by atoms with Crippen molar-refractivity contribution >= 4 is 28.9 Å². The molecule has 176 valence electrons. The van der Waals surface area contributed by atoms with Gasteiger partial charge in [0.25, 0.3) is 0 Å². The van der Waals surface area contributed by atoms with Crippen LogP contribution >= 0.6 is 23.1 Å². The normalized spacial score (nSPS) is 15.8. The van der Waals surface area contributed by atoms with E-state index >= 15 is 0 Å². The summed E-state index contributed by atoms with van der Waals surface area (Å²) < 4.78 is 10.2. The Labute approximate surface area is 208 Å². The number of ketones is 1. The molecule has 1 aliphatic heterocycles. The number of benzene rings is 1. The summed E-state index contributed by atoms with van der Waals surface area (Å²) in [5.41, 5.74) is 4.11. The van der Waals surface area contributed by atoms with Crippen LogP contribution in [0.4, 0.5) is 0 Å². The Kier molecular flexibility index (Phi) is 6.99. The highest BCUT2D eigenvalue weighted by molar-refractivity contribution is 7.99. The Morgan fingerprint density at radius 1 is 1.15 bits per heavy atom. The number of aromatic nitrogens is 4. The number of Topliss-reactive ketones (excluding diaryl/α,β-unsaturated/α-hetero) is 1. The van der Waals surface area contributed by atoms with Gasteiger partial charge >= 0.3 is 0 Å². The average Bonchev–Trinajstić information content (AvgIpc) is 3.65. The van der Waals surface area contributed by atoms with Gasteiger partial charge in [0.2, 0.25) is 0 Å². The summed E-state index contributed by atoms with van der Waals surface area (Å²) in [5, 5.41) is 11.7. The molecule has 0 bridgehead atoms. The van der Waals surface area contributed by atoms with Gasteiger partial charge in [-0.2, -0.15) is 0 Å². The van der Waals surface area contributed by atoms with E-state index in [1.807, 2.05) is 42.6 Å². The molecule has 1 saturated heterocycles. The van der Waals surface area contributed by atoms with E-state index in [2.05, 4.69) is 44.5 Å². The second-order valence-electron chi connectivity index (χ2n) is 8.60. The number of carbonyl (C=O) groups is 1. The minimum Gasteiger partial charge on any atom is -0.376 e. The summed E-state index contributed by atoms with van der Waals surface area (Å²) >= 11 is 3.11. The van der Waals surface area contributed by atoms with Crippen molar-refractivity contribution in [2.24, 2.45) is 0 Å². The van der Waals surface area contributed by atoms with Crippen molar-refractivity contribution in [3.63, 3.8) is 0 Å². The van der Waals surface area contributed by atoms with Gasteiger partial charge in [-0.05, 0) is 49.8 Å². The molecule has 8 heteroatoms. The zero-order valence-corrected chi connectivity index (χ0v) is 21.1. The zero-order chi connectivity index (χ0) is 23.5. The van der Waals surface area contributed by atoms with E-state index in [1.165, 1.54) is 17.3 Å². The lowest BCUT2D eigenvalue weighted by molar-refractivity contribution is 0.0953. The van der Waals surface area contributed by atoms with Crippen molar-refractivity contribution in [1.82, 2.24) is 19.3 Å². The molecular weight excluding hydrogens is 464 g/mol. The lowest BCUT2D eigenvalue weighted by Gasteiger charge is -2.14. The molecule has 0 N–H and O–H groups in total.